The first kappa shape index (κ1) is 56.8. The van der Waals surface area contributed by atoms with Gasteiger partial charge in [-0.2, -0.15) is 9.59 Å². The van der Waals surface area contributed by atoms with E-state index in [9.17, 15) is 24.0 Å². The van der Waals surface area contributed by atoms with E-state index < -0.39 is 23.4 Å². The summed E-state index contributed by atoms with van der Waals surface area (Å²) >= 11 is 2.63. The topological polar surface area (TPSA) is 254 Å². The number of benzene rings is 2. The third kappa shape index (κ3) is 11.7. The molecule has 78 heavy (non-hydrogen) atoms. The van der Waals surface area contributed by atoms with Crippen LogP contribution in [0, 0.1) is 0 Å². The first-order valence-electron chi connectivity index (χ1n) is 25.3. The Kier molecular flexibility index (Phi) is 17.5. The van der Waals surface area contributed by atoms with Crippen molar-refractivity contribution in [3.05, 3.63) is 102 Å². The second-order valence-electron chi connectivity index (χ2n) is 19.3. The number of halogens is 1. The number of rotatable bonds is 14. The Labute approximate surface area is 461 Å². The number of likely N-dealkylation sites (tertiary alicyclic amines) is 1. The van der Waals surface area contributed by atoms with Crippen molar-refractivity contribution < 1.29 is 28.5 Å². The van der Waals surface area contributed by atoms with Gasteiger partial charge >= 0.3 is 17.5 Å². The van der Waals surface area contributed by atoms with Crippen LogP contribution in [0.15, 0.2) is 67.7 Å². The smallest absolute Gasteiger partial charge is 0.410 e. The van der Waals surface area contributed by atoms with Gasteiger partial charge in [0.25, 0.3) is 11.1 Å². The van der Waals surface area contributed by atoms with Gasteiger partial charge in [0.1, 0.15) is 38.0 Å². The highest BCUT2D eigenvalue weighted by Crippen LogP contribution is 2.41. The molecule has 10 rings (SSSR count). The van der Waals surface area contributed by atoms with Crippen LogP contribution in [0.4, 0.5) is 4.79 Å². The number of nitrogens with zero attached hydrogens (tertiary/aromatic N) is 13. The van der Waals surface area contributed by atoms with Crippen LogP contribution in [0.25, 0.3) is 41.3 Å². The maximum absolute atomic E-state index is 14.1. The molecule has 0 saturated carbocycles. The van der Waals surface area contributed by atoms with Crippen molar-refractivity contribution in [3.63, 3.8) is 0 Å². The predicted octanol–water partition coefficient (Wildman–Crippen LogP) is 5.85. The molecular formula is C51H63ClN14O10S2. The number of nitrogens with one attached hydrogen (secondary N) is 1. The minimum atomic E-state index is -0.611. The van der Waals surface area contributed by atoms with Crippen LogP contribution in [-0.2, 0) is 30.9 Å². The molecule has 0 bridgehead atoms. The summed E-state index contributed by atoms with van der Waals surface area (Å²) in [6.45, 7) is 12.8. The average Bonchev–Trinajstić information content (AvgIpc) is 4.38. The van der Waals surface area contributed by atoms with Crippen molar-refractivity contribution in [1.82, 2.24) is 68.9 Å². The van der Waals surface area contributed by atoms with Crippen LogP contribution in [0.1, 0.15) is 84.0 Å². The van der Waals surface area contributed by atoms with Gasteiger partial charge in [0.15, 0.2) is 11.6 Å². The predicted molar refractivity (Wildman–Crippen MR) is 297 cm³/mol. The summed E-state index contributed by atoms with van der Waals surface area (Å²) in [5.74, 6) is 3.34. The molecule has 2 aromatic carbocycles. The van der Waals surface area contributed by atoms with Crippen molar-refractivity contribution in [3.8, 4) is 43.9 Å². The fourth-order valence-electron chi connectivity index (χ4n) is 9.49. The van der Waals surface area contributed by atoms with Gasteiger partial charge in [0.05, 0.1) is 65.7 Å². The quantitative estimate of drug-likeness (QED) is 0.134. The number of carbonyl (C=O) groups is 1. The maximum atomic E-state index is 14.1. The molecule has 6 aromatic heterocycles. The lowest BCUT2D eigenvalue weighted by atomic mass is 10.1. The molecule has 2 fully saturated rings. The standard InChI is InChI=1S/C28H35N7O6S.C23H27N7O4S.ClH/c1-7-34-30-23(29-31-34)16-33-20-15-22(19-14-18(39-5)8-9-21(19)40-6)42-24(20)25(36)35(26(33)37)17-10-12-32(13-11-17)27(38)41-28(2,3)4;1-4-29-26-20(25-27-29)13-28-17-12-19(16-11-15(33-2)5-6-18(16)34-3)35-21(17)22(31)30(23(28)32)14-7-9-24-10-8-14;/h8-9,14-15,17H,7,10-13,16H2,1-6H3;5-6,11-12,14,24H,4,7-10,13H2,1-3H3;1H. The number of ether oxygens (including phenoxy) is 5. The van der Waals surface area contributed by atoms with E-state index in [4.69, 9.17) is 23.7 Å². The number of piperidine rings is 2. The highest BCUT2D eigenvalue weighted by atomic mass is 35.5. The van der Waals surface area contributed by atoms with E-state index in [0.29, 0.717) is 107 Å². The van der Waals surface area contributed by atoms with Crippen molar-refractivity contribution in [2.45, 2.75) is 104 Å². The van der Waals surface area contributed by atoms with Crippen molar-refractivity contribution in [1.29, 1.82) is 0 Å². The van der Waals surface area contributed by atoms with Crippen LogP contribution < -0.4 is 46.8 Å². The fraction of sp³-hybridized carbons (Fsp3) is 0.471. The van der Waals surface area contributed by atoms with E-state index in [-0.39, 0.29) is 48.3 Å². The third-order valence-electron chi connectivity index (χ3n) is 13.4. The van der Waals surface area contributed by atoms with Crippen LogP contribution in [-0.4, -0.2) is 130 Å². The molecule has 2 aliphatic heterocycles. The van der Waals surface area contributed by atoms with Gasteiger partial charge in [-0.25, -0.2) is 14.4 Å². The second kappa shape index (κ2) is 24.1. The van der Waals surface area contributed by atoms with E-state index in [2.05, 4.69) is 36.1 Å². The zero-order valence-corrected chi connectivity index (χ0v) is 47.3. The molecule has 27 heteroatoms. The summed E-state index contributed by atoms with van der Waals surface area (Å²) in [4.78, 5) is 74.1. The molecule has 0 atom stereocenters. The van der Waals surface area contributed by atoms with Gasteiger partial charge in [-0.15, -0.1) is 55.5 Å². The molecule has 2 saturated heterocycles. The molecule has 416 valence electrons. The van der Waals surface area contributed by atoms with Gasteiger partial charge in [-0.1, -0.05) is 0 Å². The number of hydrogen-bond acceptors (Lipinski definition) is 19. The maximum Gasteiger partial charge on any atom is 0.410 e. The molecule has 0 radical (unpaired) electrons. The largest absolute Gasteiger partial charge is 0.497 e. The molecule has 0 unspecified atom stereocenters. The normalized spacial score (nSPS) is 14.2. The lowest BCUT2D eigenvalue weighted by Crippen LogP contribution is -2.47. The molecule has 8 aromatic rings. The number of amides is 1. The van der Waals surface area contributed by atoms with E-state index in [1.807, 2.05) is 71.0 Å². The van der Waals surface area contributed by atoms with Gasteiger partial charge in [-0.3, -0.25) is 27.9 Å². The van der Waals surface area contributed by atoms with E-state index >= 15 is 0 Å². The van der Waals surface area contributed by atoms with Gasteiger partial charge in [0.2, 0.25) is 0 Å². The van der Waals surface area contributed by atoms with Crippen LogP contribution in [0.2, 0.25) is 0 Å². The zero-order valence-electron chi connectivity index (χ0n) is 44.9. The second-order valence-corrected chi connectivity index (χ2v) is 21.4. The number of aryl methyl sites for hydroxylation is 2. The zero-order chi connectivity index (χ0) is 54.7. The highest BCUT2D eigenvalue weighted by molar-refractivity contribution is 7.22. The molecule has 8 heterocycles. The van der Waals surface area contributed by atoms with Gasteiger partial charge < -0.3 is 33.9 Å². The Bertz CT molecular complexity index is 3690. The lowest BCUT2D eigenvalue weighted by molar-refractivity contribution is 0.0186. The number of hydrogen-bond donors (Lipinski definition) is 1. The number of tetrazole rings is 2. The first-order chi connectivity index (χ1) is 37.1. The Morgan fingerprint density at radius 2 is 1.08 bits per heavy atom. The number of carbonyl (C=O) groups excluding carboxylic acids is 1. The van der Waals surface area contributed by atoms with E-state index in [1.165, 1.54) is 46.0 Å². The lowest BCUT2D eigenvalue weighted by Gasteiger charge is -2.34. The Morgan fingerprint density at radius 3 is 1.46 bits per heavy atom. The molecule has 0 spiro atoms. The molecule has 24 nitrogen and oxygen atoms in total. The minimum absolute atomic E-state index is 0. The van der Waals surface area contributed by atoms with Crippen LogP contribution in [0.5, 0.6) is 23.0 Å². The summed E-state index contributed by atoms with van der Waals surface area (Å²) in [6.07, 6.45) is 1.90. The summed E-state index contributed by atoms with van der Waals surface area (Å²) < 4.78 is 34.3. The summed E-state index contributed by atoms with van der Waals surface area (Å²) in [7, 11) is 6.36. The first-order valence-corrected chi connectivity index (χ1v) is 26.9. The van der Waals surface area contributed by atoms with Crippen LogP contribution in [0.3, 0.4) is 0 Å². The molecule has 1 amide bonds. The summed E-state index contributed by atoms with van der Waals surface area (Å²) in [5.41, 5.74) is 0.482. The highest BCUT2D eigenvalue weighted by Gasteiger charge is 2.31. The molecule has 1 N–H and O–H groups in total. The number of aromatic nitrogens is 12. The monoisotopic (exact) mass is 1130 g/mol. The molecular weight excluding hydrogens is 1070 g/mol. The summed E-state index contributed by atoms with van der Waals surface area (Å²) in [6, 6.07) is 14.1. The third-order valence-corrected chi connectivity index (χ3v) is 15.7. The number of fused-ring (bicyclic) bond motifs is 2. The fourth-order valence-corrected chi connectivity index (χ4v) is 11.7. The van der Waals surface area contributed by atoms with E-state index in [1.54, 1.807) is 50.0 Å². The Balaban J connectivity index is 0.000000206. The Morgan fingerprint density at radius 1 is 0.641 bits per heavy atom. The number of thiophene rings is 2. The van der Waals surface area contributed by atoms with Gasteiger partial charge in [0, 0.05) is 46.1 Å². The van der Waals surface area contributed by atoms with Crippen molar-refractivity contribution >= 4 is 61.6 Å². The van der Waals surface area contributed by atoms with Crippen molar-refractivity contribution in [2.75, 3.05) is 54.6 Å². The Hall–Kier alpha value is -7.42. The van der Waals surface area contributed by atoms with E-state index in [0.717, 1.165) is 34.0 Å². The average molecular weight is 1130 g/mol. The van der Waals surface area contributed by atoms with Crippen molar-refractivity contribution in [2.24, 2.45) is 0 Å². The van der Waals surface area contributed by atoms with Gasteiger partial charge in [-0.05, 0) is 132 Å². The van der Waals surface area contributed by atoms with Crippen LogP contribution >= 0.6 is 35.1 Å². The molecule has 0 aliphatic carbocycles. The number of methoxy groups -OCH3 is 4. The minimum Gasteiger partial charge on any atom is -0.497 e. The molecule has 2 aliphatic rings. The summed E-state index contributed by atoms with van der Waals surface area (Å²) in [5, 5.41) is 28.3. The SMILES string of the molecule is CCn1nnc(Cn2c(=O)n(C3CCN(C(=O)OC(C)(C)C)CC3)c(=O)c3sc(-c4cc(OC)ccc4OC)cc32)n1.CCn1nnc(Cn2c(=O)n(C3CCNCC3)c(=O)c3sc(-c4cc(OC)ccc4OC)cc32)n1.Cl.